The Morgan fingerprint density at radius 2 is 2.00 bits per heavy atom. The number of rotatable bonds is 7. The lowest BCUT2D eigenvalue weighted by Gasteiger charge is -2.16. The number of ether oxygens (including phenoxy) is 1. The summed E-state index contributed by atoms with van der Waals surface area (Å²) in [6, 6.07) is 12.9. The lowest BCUT2D eigenvalue weighted by Crippen LogP contribution is -2.31. The molecule has 0 aliphatic carbocycles. The van der Waals surface area contributed by atoms with Crippen molar-refractivity contribution >= 4 is 40.1 Å². The summed E-state index contributed by atoms with van der Waals surface area (Å²) < 4.78 is 19.0. The van der Waals surface area contributed by atoms with Gasteiger partial charge in [0.2, 0.25) is 11.8 Å². The average molecular weight is 430 g/mol. The molecule has 8 heteroatoms. The SMILES string of the molecule is CCCOc1ccc(N2C(=O)C[C@@H](SC(=NCC)Nc3cccc(F)c3)C2=O)cc1. The molecule has 30 heavy (non-hydrogen) atoms. The van der Waals surface area contributed by atoms with Gasteiger partial charge in [-0.1, -0.05) is 24.8 Å². The number of thioether (sulfide) groups is 1. The molecule has 0 saturated carbocycles. The van der Waals surface area contributed by atoms with Crippen LogP contribution in [0.2, 0.25) is 0 Å². The number of hydrogen-bond donors (Lipinski definition) is 1. The van der Waals surface area contributed by atoms with Crippen molar-refractivity contribution < 1.29 is 18.7 Å². The first kappa shape index (κ1) is 21.8. The van der Waals surface area contributed by atoms with E-state index in [9.17, 15) is 14.0 Å². The molecule has 1 N–H and O–H groups in total. The molecule has 1 atom stereocenters. The summed E-state index contributed by atoms with van der Waals surface area (Å²) in [5, 5.41) is 2.91. The minimum atomic E-state index is -0.597. The fourth-order valence-corrected chi connectivity index (χ4v) is 4.04. The van der Waals surface area contributed by atoms with Gasteiger partial charge in [0, 0.05) is 18.7 Å². The lowest BCUT2D eigenvalue weighted by molar-refractivity contribution is -0.121. The molecule has 158 valence electrons. The van der Waals surface area contributed by atoms with E-state index in [1.54, 1.807) is 36.4 Å². The molecule has 1 aliphatic rings. The second-order valence-corrected chi connectivity index (χ2v) is 7.83. The van der Waals surface area contributed by atoms with Crippen LogP contribution in [0.3, 0.4) is 0 Å². The van der Waals surface area contributed by atoms with E-state index in [0.29, 0.717) is 35.4 Å². The molecular weight excluding hydrogens is 405 g/mol. The maximum atomic E-state index is 13.5. The van der Waals surface area contributed by atoms with Gasteiger partial charge in [0.15, 0.2) is 5.17 Å². The summed E-state index contributed by atoms with van der Waals surface area (Å²) in [5.74, 6) is -0.230. The summed E-state index contributed by atoms with van der Waals surface area (Å²) >= 11 is 1.18. The van der Waals surface area contributed by atoms with Crippen molar-refractivity contribution in [3.63, 3.8) is 0 Å². The number of nitrogens with one attached hydrogen (secondary N) is 1. The Morgan fingerprint density at radius 1 is 1.23 bits per heavy atom. The number of hydrogen-bond acceptors (Lipinski definition) is 5. The number of anilines is 2. The summed E-state index contributed by atoms with van der Waals surface area (Å²) in [5.41, 5.74) is 1.05. The average Bonchev–Trinajstić information content (AvgIpc) is 3.00. The Balaban J connectivity index is 1.70. The number of imide groups is 1. The Morgan fingerprint density at radius 3 is 2.67 bits per heavy atom. The molecular formula is C22H24FN3O3S. The highest BCUT2D eigenvalue weighted by atomic mass is 32.2. The lowest BCUT2D eigenvalue weighted by atomic mass is 10.3. The van der Waals surface area contributed by atoms with Crippen LogP contribution in [0.15, 0.2) is 53.5 Å². The molecule has 0 spiro atoms. The normalized spacial score (nSPS) is 16.8. The van der Waals surface area contributed by atoms with Crippen LogP contribution in [0, 0.1) is 5.82 Å². The minimum Gasteiger partial charge on any atom is -0.494 e. The van der Waals surface area contributed by atoms with E-state index in [4.69, 9.17) is 4.74 Å². The standard InChI is InChI=1S/C22H24FN3O3S/c1-3-12-29-18-10-8-17(9-11-18)26-20(27)14-19(21(26)28)30-22(24-4-2)25-16-7-5-6-15(23)13-16/h5-11,13,19H,3-4,12,14H2,1-2H3,(H,24,25)/t19-/m1/s1. The molecule has 0 unspecified atom stereocenters. The van der Waals surface area contributed by atoms with E-state index < -0.39 is 5.25 Å². The van der Waals surface area contributed by atoms with E-state index in [1.807, 2.05) is 13.8 Å². The maximum absolute atomic E-state index is 13.5. The number of aliphatic imine (C=N–C) groups is 1. The first-order chi connectivity index (χ1) is 14.5. The van der Waals surface area contributed by atoms with Gasteiger partial charge in [-0.2, -0.15) is 0 Å². The van der Waals surface area contributed by atoms with Crippen molar-refractivity contribution in [2.24, 2.45) is 4.99 Å². The first-order valence-electron chi connectivity index (χ1n) is 9.85. The molecule has 1 heterocycles. The van der Waals surface area contributed by atoms with Crippen molar-refractivity contribution in [3.05, 3.63) is 54.3 Å². The van der Waals surface area contributed by atoms with Gasteiger partial charge in [-0.3, -0.25) is 14.6 Å². The number of amides is 2. The third kappa shape index (κ3) is 5.38. The van der Waals surface area contributed by atoms with Crippen LogP contribution < -0.4 is 15.0 Å². The molecule has 1 aliphatic heterocycles. The summed E-state index contributed by atoms with van der Waals surface area (Å²) in [6.07, 6.45) is 0.972. The van der Waals surface area contributed by atoms with Crippen molar-refractivity contribution in [1.29, 1.82) is 0 Å². The zero-order valence-electron chi connectivity index (χ0n) is 16.9. The van der Waals surface area contributed by atoms with Crippen LogP contribution in [0.1, 0.15) is 26.7 Å². The second kappa shape index (κ2) is 10.2. The van der Waals surface area contributed by atoms with E-state index in [1.165, 1.54) is 28.8 Å². The Bertz CT molecular complexity index is 933. The highest BCUT2D eigenvalue weighted by molar-refractivity contribution is 8.15. The second-order valence-electron chi connectivity index (χ2n) is 6.64. The monoisotopic (exact) mass is 429 g/mol. The van der Waals surface area contributed by atoms with Crippen LogP contribution in [0.4, 0.5) is 15.8 Å². The molecule has 2 amide bonds. The number of carbonyl (C=O) groups is 2. The molecule has 3 rings (SSSR count). The molecule has 6 nitrogen and oxygen atoms in total. The third-order valence-corrected chi connectivity index (χ3v) is 5.41. The van der Waals surface area contributed by atoms with E-state index in [0.717, 1.165) is 6.42 Å². The minimum absolute atomic E-state index is 0.0746. The van der Waals surface area contributed by atoms with Gasteiger partial charge in [0.1, 0.15) is 16.8 Å². The zero-order valence-corrected chi connectivity index (χ0v) is 17.7. The smallest absolute Gasteiger partial charge is 0.247 e. The van der Waals surface area contributed by atoms with Gasteiger partial charge in [-0.25, -0.2) is 9.29 Å². The molecule has 1 saturated heterocycles. The van der Waals surface area contributed by atoms with Crippen LogP contribution in [0.5, 0.6) is 5.75 Å². The predicted molar refractivity (Wildman–Crippen MR) is 119 cm³/mol. The Kier molecular flexibility index (Phi) is 7.46. The number of benzene rings is 2. The maximum Gasteiger partial charge on any atom is 0.247 e. The largest absolute Gasteiger partial charge is 0.494 e. The number of nitrogens with zero attached hydrogens (tertiary/aromatic N) is 2. The van der Waals surface area contributed by atoms with Gasteiger partial charge in [0.25, 0.3) is 0 Å². The van der Waals surface area contributed by atoms with Gasteiger partial charge in [-0.05, 0) is 55.8 Å². The van der Waals surface area contributed by atoms with Crippen LogP contribution in [-0.2, 0) is 9.59 Å². The van der Waals surface area contributed by atoms with E-state index in [-0.39, 0.29) is 24.1 Å². The molecule has 0 radical (unpaired) electrons. The fourth-order valence-electron chi connectivity index (χ4n) is 2.95. The molecule has 2 aromatic rings. The van der Waals surface area contributed by atoms with E-state index >= 15 is 0 Å². The molecule has 1 fully saturated rings. The van der Waals surface area contributed by atoms with Crippen LogP contribution in [0.25, 0.3) is 0 Å². The molecule has 0 bridgehead atoms. The van der Waals surface area contributed by atoms with Gasteiger partial charge < -0.3 is 10.1 Å². The van der Waals surface area contributed by atoms with Gasteiger partial charge in [0.05, 0.1) is 12.3 Å². The van der Waals surface area contributed by atoms with Crippen molar-refractivity contribution in [1.82, 2.24) is 0 Å². The summed E-state index contributed by atoms with van der Waals surface area (Å²) in [4.78, 5) is 31.0. The van der Waals surface area contributed by atoms with Gasteiger partial charge in [-0.15, -0.1) is 0 Å². The fraction of sp³-hybridized carbons (Fsp3) is 0.318. The Labute approximate surface area is 179 Å². The number of carbonyl (C=O) groups excluding carboxylic acids is 2. The molecule has 0 aromatic heterocycles. The first-order valence-corrected chi connectivity index (χ1v) is 10.7. The number of halogens is 1. The quantitative estimate of drug-likeness (QED) is 0.400. The van der Waals surface area contributed by atoms with Crippen molar-refractivity contribution in [2.75, 3.05) is 23.4 Å². The molecule has 2 aromatic carbocycles. The third-order valence-electron chi connectivity index (χ3n) is 4.30. The Hall–Kier alpha value is -2.87. The van der Waals surface area contributed by atoms with Crippen LogP contribution in [-0.4, -0.2) is 35.4 Å². The van der Waals surface area contributed by atoms with Crippen molar-refractivity contribution in [2.45, 2.75) is 31.9 Å². The number of amidine groups is 1. The summed E-state index contributed by atoms with van der Waals surface area (Å²) in [6.45, 7) is 4.98. The van der Waals surface area contributed by atoms with Gasteiger partial charge >= 0.3 is 0 Å². The topological polar surface area (TPSA) is 71.0 Å². The highest BCUT2D eigenvalue weighted by Crippen LogP contribution is 2.31. The highest BCUT2D eigenvalue weighted by Gasteiger charge is 2.40. The van der Waals surface area contributed by atoms with Crippen LogP contribution >= 0.6 is 11.8 Å². The van der Waals surface area contributed by atoms with E-state index in [2.05, 4.69) is 10.3 Å². The predicted octanol–water partition coefficient (Wildman–Crippen LogP) is 4.47. The zero-order chi connectivity index (χ0) is 21.5. The summed E-state index contributed by atoms with van der Waals surface area (Å²) in [7, 11) is 0. The van der Waals surface area contributed by atoms with Crippen molar-refractivity contribution in [3.8, 4) is 5.75 Å².